The number of aliphatic hydroxyl groups is 1. The zero-order valence-electron chi connectivity index (χ0n) is 12.8. The molecular weight excluding hydrogens is 342 g/mol. The van der Waals surface area contributed by atoms with E-state index >= 15 is 0 Å². The minimum absolute atomic E-state index is 0.123. The molecule has 0 saturated carbocycles. The molecule has 0 aliphatic heterocycles. The third-order valence-corrected chi connectivity index (χ3v) is 4.79. The van der Waals surface area contributed by atoms with Gasteiger partial charge >= 0.3 is 0 Å². The Kier molecular flexibility index (Phi) is 4.45. The molecule has 1 aliphatic rings. The predicted octanol–water partition coefficient (Wildman–Crippen LogP) is 3.43. The molecule has 1 aromatic carbocycles. The summed E-state index contributed by atoms with van der Waals surface area (Å²) in [6.45, 7) is 4.12. The van der Waals surface area contributed by atoms with Gasteiger partial charge in [0, 0.05) is 6.42 Å². The van der Waals surface area contributed by atoms with Gasteiger partial charge in [0.05, 0.1) is 23.5 Å². The third-order valence-electron chi connectivity index (χ3n) is 4.16. The summed E-state index contributed by atoms with van der Waals surface area (Å²) in [6.07, 6.45) is 1.86. The van der Waals surface area contributed by atoms with E-state index in [0.717, 1.165) is 40.2 Å². The van der Waals surface area contributed by atoms with Crippen LogP contribution in [0, 0.1) is 0 Å². The van der Waals surface area contributed by atoms with E-state index in [9.17, 15) is 5.11 Å². The fourth-order valence-corrected chi connectivity index (χ4v) is 3.55. The van der Waals surface area contributed by atoms with Crippen LogP contribution >= 0.6 is 15.9 Å². The fraction of sp³-hybridized carbons (Fsp3) is 0.412. The highest BCUT2D eigenvalue weighted by atomic mass is 79.9. The van der Waals surface area contributed by atoms with Crippen molar-refractivity contribution in [1.82, 2.24) is 9.97 Å². The van der Waals surface area contributed by atoms with Gasteiger partial charge in [-0.05, 0) is 39.9 Å². The number of rotatable bonds is 4. The van der Waals surface area contributed by atoms with Crippen LogP contribution in [0.2, 0.25) is 0 Å². The molecule has 1 aliphatic carbocycles. The molecule has 1 aromatic heterocycles. The van der Waals surface area contributed by atoms with E-state index in [0.29, 0.717) is 6.42 Å². The Morgan fingerprint density at radius 1 is 1.18 bits per heavy atom. The highest BCUT2D eigenvalue weighted by molar-refractivity contribution is 9.10. The number of halogens is 1. The molecule has 2 atom stereocenters. The lowest BCUT2D eigenvalue weighted by molar-refractivity contribution is 0.165. The summed E-state index contributed by atoms with van der Waals surface area (Å²) < 4.78 is 0.810. The Bertz CT molecular complexity index is 690. The van der Waals surface area contributed by atoms with Gasteiger partial charge in [-0.25, -0.2) is 9.97 Å². The van der Waals surface area contributed by atoms with Gasteiger partial charge in [-0.1, -0.05) is 38.1 Å². The molecule has 22 heavy (non-hydrogen) atoms. The summed E-state index contributed by atoms with van der Waals surface area (Å²) >= 11 is 3.48. The maximum atomic E-state index is 10.4. The van der Waals surface area contributed by atoms with Gasteiger partial charge in [0.2, 0.25) is 0 Å². The zero-order chi connectivity index (χ0) is 15.7. The fourth-order valence-electron chi connectivity index (χ4n) is 2.96. The summed E-state index contributed by atoms with van der Waals surface area (Å²) in [7, 11) is 0. The predicted molar refractivity (Wildman–Crippen MR) is 91.0 cm³/mol. The van der Waals surface area contributed by atoms with Gasteiger partial charge in [0.1, 0.15) is 10.4 Å². The van der Waals surface area contributed by atoms with E-state index in [1.165, 1.54) is 5.56 Å². The van der Waals surface area contributed by atoms with Crippen LogP contribution in [-0.2, 0) is 19.3 Å². The first-order valence-corrected chi connectivity index (χ1v) is 8.51. The molecule has 5 heteroatoms. The molecule has 0 radical (unpaired) electrons. The standard InChI is InChI=1S/C17H20BrN3O/c1-3-12-16(18)19-13(4-2)17(20-12)21-15-11-8-6-5-7-10(11)9-14(15)22/h5-8,14-15,22H,3-4,9H2,1-2H3,(H,20,21). The number of aryl methyl sites for hydroxylation is 2. The van der Waals surface area contributed by atoms with E-state index in [2.05, 4.69) is 52.2 Å². The lowest BCUT2D eigenvalue weighted by atomic mass is 10.1. The van der Waals surface area contributed by atoms with Crippen LogP contribution in [0.25, 0.3) is 0 Å². The molecule has 0 saturated heterocycles. The average Bonchev–Trinajstić information content (AvgIpc) is 2.84. The maximum Gasteiger partial charge on any atom is 0.148 e. The number of anilines is 1. The Labute approximate surface area is 139 Å². The van der Waals surface area contributed by atoms with Crippen LogP contribution in [-0.4, -0.2) is 21.2 Å². The van der Waals surface area contributed by atoms with E-state index in [1.807, 2.05) is 12.1 Å². The second kappa shape index (κ2) is 6.34. The van der Waals surface area contributed by atoms with Crippen LogP contribution in [0.1, 0.15) is 42.4 Å². The quantitative estimate of drug-likeness (QED) is 0.875. The third kappa shape index (κ3) is 2.75. The molecule has 116 valence electrons. The number of aromatic nitrogens is 2. The smallest absolute Gasteiger partial charge is 0.148 e. The normalized spacial score (nSPS) is 20.0. The van der Waals surface area contributed by atoms with Crippen LogP contribution in [0.4, 0.5) is 5.82 Å². The van der Waals surface area contributed by atoms with Crippen molar-refractivity contribution < 1.29 is 5.11 Å². The summed E-state index contributed by atoms with van der Waals surface area (Å²) in [5, 5.41) is 13.8. The van der Waals surface area contributed by atoms with Crippen molar-refractivity contribution in [2.75, 3.05) is 5.32 Å². The molecule has 4 nitrogen and oxygen atoms in total. The second-order valence-corrected chi connectivity index (χ2v) is 6.31. The summed E-state index contributed by atoms with van der Waals surface area (Å²) in [5.74, 6) is 0.781. The van der Waals surface area contributed by atoms with Crippen molar-refractivity contribution in [2.24, 2.45) is 0 Å². The minimum atomic E-state index is -0.433. The Morgan fingerprint density at radius 3 is 2.64 bits per heavy atom. The van der Waals surface area contributed by atoms with E-state index in [4.69, 9.17) is 4.98 Å². The molecule has 3 rings (SSSR count). The number of hydrogen-bond donors (Lipinski definition) is 2. The molecular formula is C17H20BrN3O. The Balaban J connectivity index is 1.96. The van der Waals surface area contributed by atoms with Crippen molar-refractivity contribution in [1.29, 1.82) is 0 Å². The van der Waals surface area contributed by atoms with Gasteiger partial charge in [-0.3, -0.25) is 0 Å². The maximum absolute atomic E-state index is 10.4. The van der Waals surface area contributed by atoms with Crippen LogP contribution < -0.4 is 5.32 Å². The van der Waals surface area contributed by atoms with Gasteiger partial charge in [-0.2, -0.15) is 0 Å². The van der Waals surface area contributed by atoms with E-state index in [1.54, 1.807) is 0 Å². The lowest BCUT2D eigenvalue weighted by Crippen LogP contribution is -2.23. The molecule has 0 bridgehead atoms. The molecule has 1 heterocycles. The average molecular weight is 362 g/mol. The van der Waals surface area contributed by atoms with Crippen LogP contribution in [0.15, 0.2) is 28.9 Å². The molecule has 0 fully saturated rings. The molecule has 2 N–H and O–H groups in total. The highest BCUT2D eigenvalue weighted by Gasteiger charge is 2.31. The Morgan fingerprint density at radius 2 is 1.91 bits per heavy atom. The van der Waals surface area contributed by atoms with Gasteiger partial charge < -0.3 is 10.4 Å². The highest BCUT2D eigenvalue weighted by Crippen LogP contribution is 2.34. The lowest BCUT2D eigenvalue weighted by Gasteiger charge is -2.21. The molecule has 0 amide bonds. The number of hydrogen-bond acceptors (Lipinski definition) is 4. The summed E-state index contributed by atoms with van der Waals surface area (Å²) in [6, 6.07) is 8.05. The molecule has 2 unspecified atom stereocenters. The Hall–Kier alpha value is -1.46. The van der Waals surface area contributed by atoms with Crippen molar-refractivity contribution >= 4 is 21.7 Å². The molecule has 2 aromatic rings. The monoisotopic (exact) mass is 361 g/mol. The number of nitrogens with one attached hydrogen (secondary N) is 1. The van der Waals surface area contributed by atoms with Crippen molar-refractivity contribution in [3.05, 3.63) is 51.4 Å². The topological polar surface area (TPSA) is 58.0 Å². The van der Waals surface area contributed by atoms with Crippen LogP contribution in [0.5, 0.6) is 0 Å². The van der Waals surface area contributed by atoms with Crippen molar-refractivity contribution in [2.45, 2.75) is 45.3 Å². The van der Waals surface area contributed by atoms with Crippen LogP contribution in [0.3, 0.4) is 0 Å². The first-order valence-electron chi connectivity index (χ1n) is 7.71. The van der Waals surface area contributed by atoms with Crippen molar-refractivity contribution in [3.63, 3.8) is 0 Å². The van der Waals surface area contributed by atoms with Gasteiger partial charge in [0.15, 0.2) is 0 Å². The van der Waals surface area contributed by atoms with Crippen molar-refractivity contribution in [3.8, 4) is 0 Å². The number of fused-ring (bicyclic) bond motifs is 1. The first kappa shape index (κ1) is 15.4. The molecule has 0 spiro atoms. The SMILES string of the molecule is CCc1nc(NC2c3ccccc3CC2O)c(CC)nc1Br. The van der Waals surface area contributed by atoms with Gasteiger partial charge in [-0.15, -0.1) is 0 Å². The first-order chi connectivity index (χ1) is 10.6. The van der Waals surface area contributed by atoms with E-state index in [-0.39, 0.29) is 6.04 Å². The summed E-state index contributed by atoms with van der Waals surface area (Å²) in [4.78, 5) is 9.30. The number of benzene rings is 1. The number of aliphatic hydroxyl groups excluding tert-OH is 1. The summed E-state index contributed by atoms with van der Waals surface area (Å²) in [5.41, 5.74) is 4.20. The largest absolute Gasteiger partial charge is 0.390 e. The number of nitrogens with zero attached hydrogens (tertiary/aromatic N) is 2. The van der Waals surface area contributed by atoms with E-state index < -0.39 is 6.10 Å². The van der Waals surface area contributed by atoms with Gasteiger partial charge in [0.25, 0.3) is 0 Å². The second-order valence-electron chi connectivity index (χ2n) is 5.56. The minimum Gasteiger partial charge on any atom is -0.390 e. The zero-order valence-corrected chi connectivity index (χ0v) is 14.4.